The topological polar surface area (TPSA) is 37.3 Å². The molecule has 0 amide bonds. The molecule has 0 unspecified atom stereocenters. The van der Waals surface area contributed by atoms with Crippen LogP contribution in [0.15, 0.2) is 0 Å². The van der Waals surface area contributed by atoms with E-state index in [1.807, 2.05) is 6.92 Å². The highest BCUT2D eigenvalue weighted by atomic mass is 28.3. The third kappa shape index (κ3) is 1.86. The molecule has 0 aromatic carbocycles. The van der Waals surface area contributed by atoms with E-state index in [1.54, 1.807) is 0 Å². The van der Waals surface area contributed by atoms with Gasteiger partial charge in [0.05, 0.1) is 14.7 Å². The van der Waals surface area contributed by atoms with Crippen molar-refractivity contribution < 1.29 is 9.90 Å². The molecule has 1 N–H and O–H groups in total. The Morgan fingerprint density at radius 1 is 1.54 bits per heavy atom. The van der Waals surface area contributed by atoms with Crippen molar-refractivity contribution in [2.75, 3.05) is 6.61 Å². The lowest BCUT2D eigenvalue weighted by Crippen LogP contribution is -2.36. The third-order valence-corrected chi connectivity index (χ3v) is 5.93. The van der Waals surface area contributed by atoms with Gasteiger partial charge in [-0.05, 0) is 12.8 Å². The van der Waals surface area contributed by atoms with Crippen LogP contribution in [-0.4, -0.2) is 25.6 Å². The molecule has 0 aliphatic heterocycles. The molecule has 1 rings (SSSR count). The molecule has 2 nitrogen and oxygen atoms in total. The number of aliphatic hydroxyl groups excluding tert-OH is 1. The van der Waals surface area contributed by atoms with Gasteiger partial charge in [-0.15, -0.1) is 0 Å². The Kier molecular flexibility index (Phi) is 2.70. The molecule has 76 valence electrons. The quantitative estimate of drug-likeness (QED) is 0.693. The molecule has 3 heteroatoms. The summed E-state index contributed by atoms with van der Waals surface area (Å²) >= 11 is 0. The van der Waals surface area contributed by atoms with E-state index in [4.69, 9.17) is 0 Å². The first kappa shape index (κ1) is 10.9. The van der Waals surface area contributed by atoms with E-state index in [0.717, 1.165) is 12.8 Å². The van der Waals surface area contributed by atoms with Crippen molar-refractivity contribution in [1.29, 1.82) is 0 Å². The van der Waals surface area contributed by atoms with Gasteiger partial charge in [0.2, 0.25) is 0 Å². The number of hydrogen-bond acceptors (Lipinski definition) is 2. The van der Waals surface area contributed by atoms with Crippen LogP contribution in [0, 0.1) is 5.41 Å². The van der Waals surface area contributed by atoms with Gasteiger partial charge in [0.1, 0.15) is 5.78 Å². The van der Waals surface area contributed by atoms with Gasteiger partial charge in [0.15, 0.2) is 0 Å². The van der Waals surface area contributed by atoms with Gasteiger partial charge in [-0.3, -0.25) is 4.79 Å². The second-order valence-electron chi connectivity index (χ2n) is 5.54. The van der Waals surface area contributed by atoms with Crippen molar-refractivity contribution in [3.8, 4) is 0 Å². The Morgan fingerprint density at radius 3 is 2.31 bits per heavy atom. The molecular weight excluding hydrogens is 180 g/mol. The van der Waals surface area contributed by atoms with Gasteiger partial charge in [0, 0.05) is 11.0 Å². The summed E-state index contributed by atoms with van der Waals surface area (Å²) in [6.07, 6.45) is 1.86. The lowest BCUT2D eigenvalue weighted by atomic mass is 9.89. The number of aliphatic hydroxyl groups is 1. The van der Waals surface area contributed by atoms with E-state index in [-0.39, 0.29) is 12.1 Å². The average Bonchev–Trinajstić information content (AvgIpc) is 2.29. The Balaban J connectivity index is 2.83. The molecule has 0 aromatic rings. The summed E-state index contributed by atoms with van der Waals surface area (Å²) in [6, 6.07) is 0. The summed E-state index contributed by atoms with van der Waals surface area (Å²) in [5.41, 5.74) is -0.157. The molecule has 1 aliphatic rings. The maximum Gasteiger partial charge on any atom is 0.141 e. The minimum absolute atomic E-state index is 0.0206. The van der Waals surface area contributed by atoms with Gasteiger partial charge in [-0.2, -0.15) is 0 Å². The number of Topliss-reactive ketones (excluding diaryl/α,β-unsaturated/α-hetero) is 1. The highest BCUT2D eigenvalue weighted by molar-refractivity contribution is 6.80. The standard InChI is InChI=1S/C10H20O2Si/c1-10(7-11)6-5-8(9(10)12)13(2,3)4/h8,11H,5-7H2,1-4H3/t8-,10+/m0/s1. The second-order valence-corrected chi connectivity index (χ2v) is 11.0. The van der Waals surface area contributed by atoms with Crippen molar-refractivity contribution in [3.05, 3.63) is 0 Å². The summed E-state index contributed by atoms with van der Waals surface area (Å²) in [5.74, 6) is 0.314. The van der Waals surface area contributed by atoms with E-state index < -0.39 is 13.5 Å². The van der Waals surface area contributed by atoms with Gasteiger partial charge in [-0.1, -0.05) is 26.6 Å². The first-order chi connectivity index (χ1) is 5.81. The van der Waals surface area contributed by atoms with Crippen molar-refractivity contribution >= 4 is 13.9 Å². The zero-order valence-corrected chi connectivity index (χ0v) is 10.1. The zero-order valence-electron chi connectivity index (χ0n) is 9.05. The number of carbonyl (C=O) groups excluding carboxylic acids is 1. The maximum atomic E-state index is 12.0. The first-order valence-electron chi connectivity index (χ1n) is 4.96. The molecular formula is C10H20O2Si. The molecule has 1 aliphatic carbocycles. The van der Waals surface area contributed by atoms with Gasteiger partial charge in [0.25, 0.3) is 0 Å². The lowest BCUT2D eigenvalue weighted by Gasteiger charge is -2.26. The molecule has 0 aromatic heterocycles. The van der Waals surface area contributed by atoms with Crippen LogP contribution in [0.2, 0.25) is 25.2 Å². The minimum Gasteiger partial charge on any atom is -0.395 e. The molecule has 1 fully saturated rings. The van der Waals surface area contributed by atoms with E-state index in [1.165, 1.54) is 0 Å². The predicted octanol–water partition coefficient (Wildman–Crippen LogP) is 2.06. The number of ketones is 1. The van der Waals surface area contributed by atoms with Gasteiger partial charge < -0.3 is 5.11 Å². The van der Waals surface area contributed by atoms with Crippen molar-refractivity contribution in [3.63, 3.8) is 0 Å². The highest BCUT2D eigenvalue weighted by Gasteiger charge is 2.48. The largest absolute Gasteiger partial charge is 0.395 e. The van der Waals surface area contributed by atoms with Crippen LogP contribution in [0.3, 0.4) is 0 Å². The molecule has 0 bridgehead atoms. The number of hydrogen-bond donors (Lipinski definition) is 1. The molecule has 0 spiro atoms. The monoisotopic (exact) mass is 200 g/mol. The fraction of sp³-hybridized carbons (Fsp3) is 0.900. The lowest BCUT2D eigenvalue weighted by molar-refractivity contribution is -0.126. The Labute approximate surface area is 81.4 Å². The number of rotatable bonds is 2. The van der Waals surface area contributed by atoms with Crippen LogP contribution in [0.25, 0.3) is 0 Å². The molecule has 13 heavy (non-hydrogen) atoms. The van der Waals surface area contributed by atoms with E-state index >= 15 is 0 Å². The number of carbonyl (C=O) groups is 1. The fourth-order valence-electron chi connectivity index (χ4n) is 2.12. The highest BCUT2D eigenvalue weighted by Crippen LogP contribution is 2.45. The van der Waals surface area contributed by atoms with Gasteiger partial charge in [-0.25, -0.2) is 0 Å². The van der Waals surface area contributed by atoms with Crippen LogP contribution in [-0.2, 0) is 4.79 Å². The second kappa shape index (κ2) is 3.21. The smallest absolute Gasteiger partial charge is 0.141 e. The molecule has 2 atom stereocenters. The summed E-state index contributed by atoms with van der Waals surface area (Å²) in [7, 11) is -1.35. The first-order valence-corrected chi connectivity index (χ1v) is 8.54. The predicted molar refractivity (Wildman–Crippen MR) is 56.5 cm³/mol. The Bertz CT molecular complexity index is 219. The summed E-state index contributed by atoms with van der Waals surface area (Å²) in [5, 5.41) is 9.17. The normalized spacial score (nSPS) is 35.5. The van der Waals surface area contributed by atoms with E-state index in [9.17, 15) is 9.90 Å². The average molecular weight is 200 g/mol. The Morgan fingerprint density at radius 2 is 2.08 bits per heavy atom. The SMILES string of the molecule is C[C@]1(CO)CC[C@H]([Si](C)(C)C)C1=O. The fourth-order valence-corrected chi connectivity index (χ4v) is 4.27. The van der Waals surface area contributed by atoms with Crippen LogP contribution in [0.4, 0.5) is 0 Å². The zero-order chi connectivity index (χ0) is 10.3. The van der Waals surface area contributed by atoms with Crippen LogP contribution < -0.4 is 0 Å². The molecule has 0 heterocycles. The van der Waals surface area contributed by atoms with Crippen molar-refractivity contribution in [1.82, 2.24) is 0 Å². The third-order valence-electron chi connectivity index (χ3n) is 3.29. The molecule has 0 saturated heterocycles. The minimum atomic E-state index is -1.35. The van der Waals surface area contributed by atoms with Crippen LogP contribution in [0.5, 0.6) is 0 Å². The van der Waals surface area contributed by atoms with Crippen LogP contribution in [0.1, 0.15) is 19.8 Å². The summed E-state index contributed by atoms with van der Waals surface area (Å²) in [6.45, 7) is 8.62. The van der Waals surface area contributed by atoms with Gasteiger partial charge >= 0.3 is 0 Å². The van der Waals surface area contributed by atoms with E-state index in [2.05, 4.69) is 19.6 Å². The van der Waals surface area contributed by atoms with E-state index in [0.29, 0.717) is 5.78 Å². The van der Waals surface area contributed by atoms with Crippen LogP contribution >= 0.6 is 0 Å². The van der Waals surface area contributed by atoms with Crippen molar-refractivity contribution in [2.45, 2.75) is 44.9 Å². The maximum absolute atomic E-state index is 12.0. The molecule has 1 saturated carbocycles. The summed E-state index contributed by atoms with van der Waals surface area (Å²) in [4.78, 5) is 12.0. The Hall–Kier alpha value is -0.153. The molecule has 0 radical (unpaired) electrons. The van der Waals surface area contributed by atoms with Crippen molar-refractivity contribution in [2.24, 2.45) is 5.41 Å². The summed E-state index contributed by atoms with van der Waals surface area (Å²) < 4.78 is 0.